The summed E-state index contributed by atoms with van der Waals surface area (Å²) in [5, 5.41) is 7.94. The average Bonchev–Trinajstić information content (AvgIpc) is 3.05. The molecule has 0 aliphatic carbocycles. The molecule has 152 valence electrons. The van der Waals surface area contributed by atoms with Gasteiger partial charge in [0.2, 0.25) is 0 Å². The lowest BCUT2D eigenvalue weighted by Crippen LogP contribution is -2.37. The van der Waals surface area contributed by atoms with Gasteiger partial charge in [0.15, 0.2) is 5.96 Å². The number of para-hydroxylation sites is 2. The van der Waals surface area contributed by atoms with Crippen LogP contribution in [-0.4, -0.2) is 22.3 Å². The highest BCUT2D eigenvalue weighted by Gasteiger charge is 2.21. The van der Waals surface area contributed by atoms with Crippen molar-refractivity contribution < 1.29 is 4.74 Å². The summed E-state index contributed by atoms with van der Waals surface area (Å²) in [6.45, 7) is 5.21. The van der Waals surface area contributed by atoms with Crippen LogP contribution >= 0.6 is 24.0 Å². The number of halogens is 1. The summed E-state index contributed by atoms with van der Waals surface area (Å²) >= 11 is 0. The smallest absolute Gasteiger partial charge is 0.189 e. The molecule has 4 rings (SSSR count). The Bertz CT molecular complexity index is 1010. The Morgan fingerprint density at radius 2 is 1.97 bits per heavy atom. The van der Waals surface area contributed by atoms with Gasteiger partial charge in [-0.1, -0.05) is 36.4 Å². The van der Waals surface area contributed by atoms with Crippen LogP contribution < -0.4 is 15.8 Å². The average molecular weight is 503 g/mol. The molecule has 3 aromatic rings. The molecule has 3 N–H and O–H groups in total. The van der Waals surface area contributed by atoms with Gasteiger partial charge in [-0.2, -0.15) is 5.10 Å². The van der Waals surface area contributed by atoms with Gasteiger partial charge in [-0.25, -0.2) is 9.67 Å². The predicted octanol–water partition coefficient (Wildman–Crippen LogP) is 4.04. The third-order valence-electron chi connectivity index (χ3n) is 4.93. The van der Waals surface area contributed by atoms with E-state index in [2.05, 4.69) is 46.6 Å². The maximum atomic E-state index is 6.21. The predicted molar refractivity (Wildman–Crippen MR) is 126 cm³/mol. The van der Waals surface area contributed by atoms with Crippen molar-refractivity contribution >= 4 is 29.9 Å². The molecule has 0 fully saturated rings. The van der Waals surface area contributed by atoms with Gasteiger partial charge in [0.25, 0.3) is 0 Å². The SMILES string of the molecule is Cc1cc(C)n(-c2ccccc2CN=C(N)NC2CCOc3ccccc32)n1.I. The molecular weight excluding hydrogens is 477 g/mol. The fourth-order valence-electron chi connectivity index (χ4n) is 3.61. The first kappa shape index (κ1) is 21.2. The van der Waals surface area contributed by atoms with E-state index in [-0.39, 0.29) is 30.0 Å². The highest BCUT2D eigenvalue weighted by Crippen LogP contribution is 2.31. The van der Waals surface area contributed by atoms with Gasteiger partial charge in [-0.15, -0.1) is 24.0 Å². The second-order valence-electron chi connectivity index (χ2n) is 7.04. The van der Waals surface area contributed by atoms with Crippen LogP contribution in [0.5, 0.6) is 5.75 Å². The second-order valence-corrected chi connectivity index (χ2v) is 7.04. The van der Waals surface area contributed by atoms with Crippen LogP contribution in [0, 0.1) is 13.8 Å². The van der Waals surface area contributed by atoms with Gasteiger partial charge in [-0.3, -0.25) is 0 Å². The summed E-state index contributed by atoms with van der Waals surface area (Å²) in [6, 6.07) is 18.4. The number of guanidine groups is 1. The monoisotopic (exact) mass is 503 g/mol. The molecule has 29 heavy (non-hydrogen) atoms. The van der Waals surface area contributed by atoms with Gasteiger partial charge < -0.3 is 15.8 Å². The molecule has 0 radical (unpaired) electrons. The molecule has 1 aliphatic heterocycles. The summed E-state index contributed by atoms with van der Waals surface area (Å²) in [7, 11) is 0. The van der Waals surface area contributed by atoms with Crippen molar-refractivity contribution in [1.82, 2.24) is 15.1 Å². The van der Waals surface area contributed by atoms with Crippen molar-refractivity contribution in [3.63, 3.8) is 0 Å². The highest BCUT2D eigenvalue weighted by atomic mass is 127. The molecule has 2 heterocycles. The van der Waals surface area contributed by atoms with E-state index in [1.165, 1.54) is 0 Å². The van der Waals surface area contributed by atoms with Crippen LogP contribution in [0.25, 0.3) is 5.69 Å². The molecule has 1 unspecified atom stereocenters. The van der Waals surface area contributed by atoms with Gasteiger partial charge >= 0.3 is 0 Å². The molecule has 0 spiro atoms. The van der Waals surface area contributed by atoms with Crippen molar-refractivity contribution in [3.8, 4) is 11.4 Å². The fourth-order valence-corrected chi connectivity index (χ4v) is 3.61. The summed E-state index contributed by atoms with van der Waals surface area (Å²) in [4.78, 5) is 4.59. The third kappa shape index (κ3) is 4.72. The molecular formula is C22H26IN5O. The minimum Gasteiger partial charge on any atom is -0.493 e. The van der Waals surface area contributed by atoms with E-state index in [1.807, 2.05) is 41.9 Å². The van der Waals surface area contributed by atoms with Crippen molar-refractivity contribution in [2.75, 3.05) is 6.61 Å². The Kier molecular flexibility index (Phi) is 6.79. The number of rotatable bonds is 4. The Morgan fingerprint density at radius 1 is 1.21 bits per heavy atom. The summed E-state index contributed by atoms with van der Waals surface area (Å²) in [6.07, 6.45) is 0.857. The topological polar surface area (TPSA) is 77.5 Å². The van der Waals surface area contributed by atoms with Gasteiger partial charge in [-0.05, 0) is 37.6 Å². The minimum atomic E-state index is 0. The standard InChI is InChI=1S/C22H25N5O.HI/c1-15-13-16(2)27(26-15)20-9-5-3-7-17(20)14-24-22(23)25-19-11-12-28-21-10-6-4-8-18(19)21;/h3-10,13,19H,11-12,14H2,1-2H3,(H3,23,24,25);1H. The lowest BCUT2D eigenvalue weighted by Gasteiger charge is -2.27. The van der Waals surface area contributed by atoms with E-state index >= 15 is 0 Å². The number of aromatic nitrogens is 2. The number of fused-ring (bicyclic) bond motifs is 1. The Labute approximate surface area is 188 Å². The zero-order chi connectivity index (χ0) is 19.5. The van der Waals surface area contributed by atoms with E-state index in [4.69, 9.17) is 10.5 Å². The molecule has 7 heteroatoms. The summed E-state index contributed by atoms with van der Waals surface area (Å²) in [5.41, 5.74) is 11.5. The van der Waals surface area contributed by atoms with E-state index in [9.17, 15) is 0 Å². The summed E-state index contributed by atoms with van der Waals surface area (Å²) in [5.74, 6) is 1.35. The molecule has 6 nitrogen and oxygen atoms in total. The van der Waals surface area contributed by atoms with E-state index < -0.39 is 0 Å². The van der Waals surface area contributed by atoms with Crippen LogP contribution in [0.4, 0.5) is 0 Å². The quantitative estimate of drug-likeness (QED) is 0.320. The Morgan fingerprint density at radius 3 is 2.76 bits per heavy atom. The van der Waals surface area contributed by atoms with Gasteiger partial charge in [0.05, 0.1) is 30.6 Å². The van der Waals surface area contributed by atoms with Crippen LogP contribution in [0.1, 0.15) is 35.0 Å². The number of aryl methyl sites for hydroxylation is 2. The Hall–Kier alpha value is -2.55. The summed E-state index contributed by atoms with van der Waals surface area (Å²) < 4.78 is 7.67. The lowest BCUT2D eigenvalue weighted by molar-refractivity contribution is 0.262. The molecule has 2 aromatic carbocycles. The van der Waals surface area contributed by atoms with Crippen LogP contribution in [0.3, 0.4) is 0 Å². The molecule has 1 aliphatic rings. The zero-order valence-electron chi connectivity index (χ0n) is 16.6. The van der Waals surface area contributed by atoms with E-state index in [0.717, 1.165) is 40.4 Å². The molecule has 0 saturated heterocycles. The van der Waals surface area contributed by atoms with Crippen LogP contribution in [0.2, 0.25) is 0 Å². The normalized spacial score (nSPS) is 15.8. The van der Waals surface area contributed by atoms with Crippen LogP contribution in [0.15, 0.2) is 59.6 Å². The maximum Gasteiger partial charge on any atom is 0.189 e. The molecule has 0 bridgehead atoms. The number of hydrogen-bond acceptors (Lipinski definition) is 3. The number of aliphatic imine (C=N–C) groups is 1. The van der Waals surface area contributed by atoms with Crippen molar-refractivity contribution in [3.05, 3.63) is 77.1 Å². The zero-order valence-corrected chi connectivity index (χ0v) is 19.0. The third-order valence-corrected chi connectivity index (χ3v) is 4.93. The first-order chi connectivity index (χ1) is 13.6. The minimum absolute atomic E-state index is 0. The molecule has 1 aromatic heterocycles. The highest BCUT2D eigenvalue weighted by molar-refractivity contribution is 14.0. The van der Waals surface area contributed by atoms with Crippen molar-refractivity contribution in [2.45, 2.75) is 32.9 Å². The van der Waals surface area contributed by atoms with Gasteiger partial charge in [0.1, 0.15) is 5.75 Å². The first-order valence-electron chi connectivity index (χ1n) is 9.51. The number of ether oxygens (including phenoxy) is 1. The van der Waals surface area contributed by atoms with Crippen LogP contribution in [-0.2, 0) is 6.54 Å². The van der Waals surface area contributed by atoms with Crippen molar-refractivity contribution in [1.29, 1.82) is 0 Å². The lowest BCUT2D eigenvalue weighted by atomic mass is 10.0. The maximum absolute atomic E-state index is 6.21. The number of nitrogens with one attached hydrogen (secondary N) is 1. The molecule has 0 amide bonds. The fraction of sp³-hybridized carbons (Fsp3) is 0.273. The largest absolute Gasteiger partial charge is 0.493 e. The molecule has 0 saturated carbocycles. The first-order valence-corrected chi connectivity index (χ1v) is 9.51. The number of nitrogens with zero attached hydrogens (tertiary/aromatic N) is 3. The second kappa shape index (κ2) is 9.30. The number of hydrogen-bond donors (Lipinski definition) is 2. The van der Waals surface area contributed by atoms with E-state index in [0.29, 0.717) is 19.1 Å². The molecule has 1 atom stereocenters. The number of benzene rings is 2. The van der Waals surface area contributed by atoms with Crippen molar-refractivity contribution in [2.24, 2.45) is 10.7 Å². The van der Waals surface area contributed by atoms with E-state index in [1.54, 1.807) is 0 Å². The van der Waals surface area contributed by atoms with Gasteiger partial charge in [0, 0.05) is 17.7 Å². The number of nitrogens with two attached hydrogens (primary N) is 1. The Balaban J connectivity index is 0.00000240.